The summed E-state index contributed by atoms with van der Waals surface area (Å²) in [5.74, 6) is -1.28. The summed E-state index contributed by atoms with van der Waals surface area (Å²) in [4.78, 5) is 0. The van der Waals surface area contributed by atoms with Crippen LogP contribution in [0.4, 0.5) is 14.5 Å². The number of anilines is 1. The van der Waals surface area contributed by atoms with Crippen LogP contribution in [0.25, 0.3) is 11.1 Å². The fourth-order valence-electron chi connectivity index (χ4n) is 2.33. The van der Waals surface area contributed by atoms with Crippen molar-refractivity contribution < 1.29 is 13.5 Å². The van der Waals surface area contributed by atoms with Gasteiger partial charge in [-0.15, -0.1) is 0 Å². The lowest BCUT2D eigenvalue weighted by atomic mass is 10.0. The summed E-state index contributed by atoms with van der Waals surface area (Å²) in [5, 5.41) is 0. The molecule has 2 N–H and O–H groups in total. The standard InChI is InChI=1S/C19H15F2NO/c20-18-8-4-7-17(19(18)21)14-9-15(22)11-16(10-14)23-12-13-5-2-1-3-6-13/h1-11H,12,22H2. The highest BCUT2D eigenvalue weighted by molar-refractivity contribution is 5.70. The number of hydrogen-bond acceptors (Lipinski definition) is 2. The molecule has 116 valence electrons. The van der Waals surface area contributed by atoms with Crippen LogP contribution in [0, 0.1) is 11.6 Å². The fraction of sp³-hybridized carbons (Fsp3) is 0.0526. The predicted octanol–water partition coefficient (Wildman–Crippen LogP) is 4.79. The van der Waals surface area contributed by atoms with Gasteiger partial charge in [0.15, 0.2) is 11.6 Å². The van der Waals surface area contributed by atoms with Gasteiger partial charge in [0.1, 0.15) is 12.4 Å². The normalized spacial score (nSPS) is 10.5. The Labute approximate surface area is 133 Å². The Hall–Kier alpha value is -2.88. The van der Waals surface area contributed by atoms with Crippen molar-refractivity contribution in [1.82, 2.24) is 0 Å². The van der Waals surface area contributed by atoms with Gasteiger partial charge in [-0.3, -0.25) is 0 Å². The fourth-order valence-corrected chi connectivity index (χ4v) is 2.33. The molecule has 0 fully saturated rings. The summed E-state index contributed by atoms with van der Waals surface area (Å²) in [7, 11) is 0. The van der Waals surface area contributed by atoms with E-state index < -0.39 is 11.6 Å². The van der Waals surface area contributed by atoms with E-state index in [0.717, 1.165) is 11.6 Å². The van der Waals surface area contributed by atoms with E-state index in [1.165, 1.54) is 12.1 Å². The first kappa shape index (κ1) is 15.0. The van der Waals surface area contributed by atoms with Crippen LogP contribution in [-0.4, -0.2) is 0 Å². The summed E-state index contributed by atoms with van der Waals surface area (Å²) >= 11 is 0. The third kappa shape index (κ3) is 3.48. The molecule has 0 radical (unpaired) electrons. The zero-order valence-electron chi connectivity index (χ0n) is 12.3. The Morgan fingerprint density at radius 3 is 2.43 bits per heavy atom. The molecule has 23 heavy (non-hydrogen) atoms. The van der Waals surface area contributed by atoms with Crippen LogP contribution in [0.3, 0.4) is 0 Å². The van der Waals surface area contributed by atoms with Crippen molar-refractivity contribution >= 4 is 5.69 Å². The summed E-state index contributed by atoms with van der Waals surface area (Å²) < 4.78 is 33.1. The Bertz CT molecular complexity index is 819. The van der Waals surface area contributed by atoms with Crippen molar-refractivity contribution in [3.8, 4) is 16.9 Å². The minimum atomic E-state index is -0.896. The van der Waals surface area contributed by atoms with Crippen molar-refractivity contribution in [3.05, 3.63) is 83.9 Å². The summed E-state index contributed by atoms with van der Waals surface area (Å²) in [6.07, 6.45) is 0. The molecular formula is C19H15F2NO. The zero-order valence-corrected chi connectivity index (χ0v) is 12.3. The molecule has 0 saturated carbocycles. The number of nitrogens with two attached hydrogens (primary N) is 1. The Kier molecular flexibility index (Phi) is 4.24. The molecule has 3 rings (SSSR count). The summed E-state index contributed by atoms with van der Waals surface area (Å²) in [6, 6.07) is 18.6. The molecule has 2 nitrogen and oxygen atoms in total. The van der Waals surface area contributed by atoms with E-state index in [9.17, 15) is 8.78 Å². The predicted molar refractivity (Wildman–Crippen MR) is 87.0 cm³/mol. The molecular weight excluding hydrogens is 296 g/mol. The van der Waals surface area contributed by atoms with Gasteiger partial charge in [0, 0.05) is 17.3 Å². The van der Waals surface area contributed by atoms with Crippen molar-refractivity contribution in [2.24, 2.45) is 0 Å². The maximum absolute atomic E-state index is 13.9. The summed E-state index contributed by atoms with van der Waals surface area (Å²) in [5.41, 5.74) is 7.92. The molecule has 0 unspecified atom stereocenters. The maximum atomic E-state index is 13.9. The molecule has 4 heteroatoms. The van der Waals surface area contributed by atoms with Gasteiger partial charge in [-0.2, -0.15) is 0 Å². The molecule has 0 aliphatic rings. The number of rotatable bonds is 4. The zero-order chi connectivity index (χ0) is 16.2. The average Bonchev–Trinajstić information content (AvgIpc) is 2.56. The van der Waals surface area contributed by atoms with E-state index in [0.29, 0.717) is 23.6 Å². The Morgan fingerprint density at radius 1 is 0.870 bits per heavy atom. The van der Waals surface area contributed by atoms with Crippen LogP contribution in [0.5, 0.6) is 5.75 Å². The van der Waals surface area contributed by atoms with Crippen LogP contribution >= 0.6 is 0 Å². The highest BCUT2D eigenvalue weighted by Crippen LogP contribution is 2.30. The lowest BCUT2D eigenvalue weighted by molar-refractivity contribution is 0.306. The van der Waals surface area contributed by atoms with E-state index in [4.69, 9.17) is 10.5 Å². The smallest absolute Gasteiger partial charge is 0.166 e. The van der Waals surface area contributed by atoms with Gasteiger partial charge in [-0.25, -0.2) is 8.78 Å². The van der Waals surface area contributed by atoms with Crippen LogP contribution in [-0.2, 0) is 6.61 Å². The molecule has 0 heterocycles. The number of hydrogen-bond donors (Lipinski definition) is 1. The van der Waals surface area contributed by atoms with Gasteiger partial charge in [0.25, 0.3) is 0 Å². The monoisotopic (exact) mass is 311 g/mol. The largest absolute Gasteiger partial charge is 0.489 e. The Balaban J connectivity index is 1.89. The third-order valence-electron chi connectivity index (χ3n) is 3.44. The van der Waals surface area contributed by atoms with E-state index in [1.54, 1.807) is 18.2 Å². The van der Waals surface area contributed by atoms with Crippen LogP contribution in [0.15, 0.2) is 66.7 Å². The minimum absolute atomic E-state index is 0.155. The van der Waals surface area contributed by atoms with Gasteiger partial charge in [-0.05, 0) is 29.3 Å². The average molecular weight is 311 g/mol. The molecule has 0 aromatic heterocycles. The number of benzene rings is 3. The van der Waals surface area contributed by atoms with Crippen LogP contribution < -0.4 is 10.5 Å². The van der Waals surface area contributed by atoms with Crippen LogP contribution in [0.1, 0.15) is 5.56 Å². The maximum Gasteiger partial charge on any atom is 0.166 e. The lowest BCUT2D eigenvalue weighted by Gasteiger charge is -2.11. The molecule has 0 atom stereocenters. The van der Waals surface area contributed by atoms with Crippen LogP contribution in [0.2, 0.25) is 0 Å². The first-order valence-corrected chi connectivity index (χ1v) is 7.15. The van der Waals surface area contributed by atoms with Crippen molar-refractivity contribution in [2.45, 2.75) is 6.61 Å². The van der Waals surface area contributed by atoms with E-state index >= 15 is 0 Å². The SMILES string of the molecule is Nc1cc(OCc2ccccc2)cc(-c2cccc(F)c2F)c1. The highest BCUT2D eigenvalue weighted by Gasteiger charge is 2.11. The number of halogens is 2. The highest BCUT2D eigenvalue weighted by atomic mass is 19.2. The van der Waals surface area contributed by atoms with E-state index in [1.807, 2.05) is 30.3 Å². The van der Waals surface area contributed by atoms with Gasteiger partial charge in [0.2, 0.25) is 0 Å². The topological polar surface area (TPSA) is 35.2 Å². The van der Waals surface area contributed by atoms with Gasteiger partial charge >= 0.3 is 0 Å². The minimum Gasteiger partial charge on any atom is -0.489 e. The van der Waals surface area contributed by atoms with Crippen molar-refractivity contribution in [1.29, 1.82) is 0 Å². The molecule has 0 bridgehead atoms. The van der Waals surface area contributed by atoms with E-state index in [2.05, 4.69) is 0 Å². The molecule has 0 aliphatic carbocycles. The second-order valence-corrected chi connectivity index (χ2v) is 5.17. The van der Waals surface area contributed by atoms with Crippen molar-refractivity contribution in [3.63, 3.8) is 0 Å². The molecule has 3 aromatic carbocycles. The molecule has 0 saturated heterocycles. The van der Waals surface area contributed by atoms with Crippen molar-refractivity contribution in [2.75, 3.05) is 5.73 Å². The van der Waals surface area contributed by atoms with E-state index in [-0.39, 0.29) is 5.56 Å². The third-order valence-corrected chi connectivity index (χ3v) is 3.44. The molecule has 0 aliphatic heterocycles. The molecule has 0 amide bonds. The molecule has 3 aromatic rings. The first-order chi connectivity index (χ1) is 11.1. The summed E-state index contributed by atoms with van der Waals surface area (Å²) in [6.45, 7) is 0.370. The second kappa shape index (κ2) is 6.48. The van der Waals surface area contributed by atoms with Gasteiger partial charge < -0.3 is 10.5 Å². The Morgan fingerprint density at radius 2 is 1.65 bits per heavy atom. The molecule has 0 spiro atoms. The first-order valence-electron chi connectivity index (χ1n) is 7.15. The lowest BCUT2D eigenvalue weighted by Crippen LogP contribution is -1.97. The number of ether oxygens (including phenoxy) is 1. The van der Waals surface area contributed by atoms with Gasteiger partial charge in [-0.1, -0.05) is 42.5 Å². The number of nitrogen functional groups attached to an aromatic ring is 1. The second-order valence-electron chi connectivity index (χ2n) is 5.17. The quantitative estimate of drug-likeness (QED) is 0.703. The van der Waals surface area contributed by atoms with Gasteiger partial charge in [0.05, 0.1) is 0 Å².